The van der Waals surface area contributed by atoms with Gasteiger partial charge in [-0.25, -0.2) is 4.79 Å². The van der Waals surface area contributed by atoms with E-state index >= 15 is 0 Å². The van der Waals surface area contributed by atoms with Crippen molar-refractivity contribution in [1.29, 1.82) is 0 Å². The number of carbonyl (C=O) groups is 3. The van der Waals surface area contributed by atoms with Gasteiger partial charge in [0.25, 0.3) is 0 Å². The van der Waals surface area contributed by atoms with Crippen LogP contribution in [0.15, 0.2) is 66.7 Å². The topological polar surface area (TPSA) is 134 Å². The average molecular weight is 781 g/mol. The number of benzene rings is 3. The monoisotopic (exact) mass is 780 g/mol. The molecule has 300 valence electrons. The predicted molar refractivity (Wildman–Crippen MR) is 211 cm³/mol. The molecule has 0 bridgehead atoms. The van der Waals surface area contributed by atoms with Crippen LogP contribution in [-0.2, 0) is 46.2 Å². The van der Waals surface area contributed by atoms with Crippen molar-refractivity contribution in [2.24, 2.45) is 0 Å². The van der Waals surface area contributed by atoms with Crippen LogP contribution in [0.5, 0.6) is 28.7 Å². The van der Waals surface area contributed by atoms with Crippen molar-refractivity contribution >= 4 is 32.3 Å². The number of esters is 3. The van der Waals surface area contributed by atoms with Gasteiger partial charge in [0, 0.05) is 42.2 Å². The highest BCUT2D eigenvalue weighted by molar-refractivity contribution is 6.74. The summed E-state index contributed by atoms with van der Waals surface area (Å²) in [4.78, 5) is 35.4. The molecule has 0 saturated carbocycles. The van der Waals surface area contributed by atoms with Crippen molar-refractivity contribution in [1.82, 2.24) is 0 Å². The Morgan fingerprint density at radius 3 is 2.05 bits per heavy atom. The Bertz CT molecular complexity index is 1730. The molecule has 1 atom stereocenters. The molecule has 0 aliphatic rings. The smallest absolute Gasteiger partial charge is 0.330 e. The van der Waals surface area contributed by atoms with E-state index in [4.69, 9.17) is 42.3 Å². The zero-order valence-corrected chi connectivity index (χ0v) is 34.6. The number of ether oxygens (including phenoxy) is 8. The van der Waals surface area contributed by atoms with Crippen LogP contribution in [-0.4, -0.2) is 74.0 Å². The summed E-state index contributed by atoms with van der Waals surface area (Å²) in [5.41, 5.74) is 2.30. The lowest BCUT2D eigenvalue weighted by Gasteiger charge is -2.37. The molecule has 12 nitrogen and oxygen atoms in total. The van der Waals surface area contributed by atoms with Crippen LogP contribution in [0.25, 0.3) is 6.08 Å². The first-order valence-electron chi connectivity index (χ1n) is 18.2. The largest absolute Gasteiger partial charge is 0.497 e. The Hall–Kier alpha value is -5.01. The van der Waals surface area contributed by atoms with Gasteiger partial charge in [-0.1, -0.05) is 32.9 Å². The van der Waals surface area contributed by atoms with E-state index in [2.05, 4.69) is 33.9 Å². The van der Waals surface area contributed by atoms with Gasteiger partial charge in [0.2, 0.25) is 0 Å². The summed E-state index contributed by atoms with van der Waals surface area (Å²) in [5, 5.41) is 0.0197. The van der Waals surface area contributed by atoms with Crippen LogP contribution in [0, 0.1) is 0 Å². The molecule has 0 radical (unpaired) electrons. The van der Waals surface area contributed by atoms with E-state index < -0.39 is 14.3 Å². The van der Waals surface area contributed by atoms with Gasteiger partial charge in [0.05, 0.1) is 41.7 Å². The Morgan fingerprint density at radius 2 is 1.38 bits per heavy atom. The van der Waals surface area contributed by atoms with Crippen LogP contribution < -0.4 is 23.7 Å². The lowest BCUT2D eigenvalue weighted by atomic mass is 10.1. The standard InChI is InChI=1S/C42H56O12Si/c1-42(2,3)55(8,9)53-29-37(20-22-41(45)49-7)54-36-13-10-12-34(25-36)51-27-31-16-19-35(26-38(31)50-23-11-14-39(43)47-5)52-28-32-24-33(46-4)18-15-30(32)17-21-40(44)48-6/h10,12-13,15-19,21,24-26,37H,11,14,20,22-23,27-29H2,1-9H3/b21-17+. The molecule has 0 aliphatic carbocycles. The van der Waals surface area contributed by atoms with Gasteiger partial charge in [-0.15, -0.1) is 0 Å². The van der Waals surface area contributed by atoms with Crippen molar-refractivity contribution in [3.63, 3.8) is 0 Å². The number of rotatable bonds is 22. The zero-order chi connectivity index (χ0) is 40.4. The predicted octanol–water partition coefficient (Wildman–Crippen LogP) is 8.09. The van der Waals surface area contributed by atoms with Crippen molar-refractivity contribution in [3.8, 4) is 28.7 Å². The maximum absolute atomic E-state index is 12.0. The second-order valence-electron chi connectivity index (χ2n) is 14.2. The Morgan fingerprint density at radius 1 is 0.727 bits per heavy atom. The Labute approximate surface area is 326 Å². The van der Waals surface area contributed by atoms with Crippen molar-refractivity contribution in [2.75, 3.05) is 41.7 Å². The fraction of sp³-hybridized carbons (Fsp3) is 0.452. The first kappa shape index (κ1) is 44.4. The van der Waals surface area contributed by atoms with Gasteiger partial charge >= 0.3 is 17.9 Å². The SMILES string of the molecule is COC(=O)/C=C/c1ccc(OC)cc1COc1ccc(COc2cccc(OC(CCC(=O)OC)CO[Si](C)(C)C(C)(C)C)c2)c(OCCCC(=O)OC)c1. The van der Waals surface area contributed by atoms with Crippen molar-refractivity contribution in [2.45, 2.75) is 83.9 Å². The molecule has 3 rings (SSSR count). The Kier molecular flexibility index (Phi) is 17.6. The lowest BCUT2D eigenvalue weighted by Crippen LogP contribution is -2.43. The van der Waals surface area contributed by atoms with Crippen LogP contribution in [0.2, 0.25) is 18.1 Å². The van der Waals surface area contributed by atoms with Gasteiger partial charge in [-0.3, -0.25) is 9.59 Å². The maximum atomic E-state index is 12.0. The van der Waals surface area contributed by atoms with Crippen molar-refractivity contribution in [3.05, 3.63) is 83.4 Å². The number of hydrogen-bond acceptors (Lipinski definition) is 12. The molecule has 13 heteroatoms. The van der Waals surface area contributed by atoms with Gasteiger partial charge in [0.15, 0.2) is 8.32 Å². The minimum absolute atomic E-state index is 0.0197. The molecule has 0 aliphatic heterocycles. The number of hydrogen-bond donors (Lipinski definition) is 0. The minimum atomic E-state index is -2.07. The molecule has 3 aromatic rings. The molecule has 3 aromatic carbocycles. The third kappa shape index (κ3) is 15.0. The lowest BCUT2D eigenvalue weighted by molar-refractivity contribution is -0.141. The van der Waals surface area contributed by atoms with E-state index in [1.165, 1.54) is 27.4 Å². The summed E-state index contributed by atoms with van der Waals surface area (Å²) < 4.78 is 51.1. The van der Waals surface area contributed by atoms with Crippen molar-refractivity contribution < 1.29 is 56.7 Å². The molecule has 0 saturated heterocycles. The fourth-order valence-corrected chi connectivity index (χ4v) is 5.86. The van der Waals surface area contributed by atoms with E-state index in [1.807, 2.05) is 42.5 Å². The summed E-state index contributed by atoms with van der Waals surface area (Å²) in [7, 11) is 3.55. The molecule has 0 fully saturated rings. The third-order valence-electron chi connectivity index (χ3n) is 9.23. The molecular formula is C42H56O12Si. The van der Waals surface area contributed by atoms with Crippen LogP contribution >= 0.6 is 0 Å². The molecule has 0 amide bonds. The molecule has 55 heavy (non-hydrogen) atoms. The molecule has 0 N–H and O–H groups in total. The zero-order valence-electron chi connectivity index (χ0n) is 33.6. The third-order valence-corrected chi connectivity index (χ3v) is 13.7. The molecule has 1 unspecified atom stereocenters. The highest BCUT2D eigenvalue weighted by atomic mass is 28.4. The quantitative estimate of drug-likeness (QED) is 0.0321. The average Bonchev–Trinajstić information content (AvgIpc) is 3.17. The van der Waals surface area contributed by atoms with E-state index in [1.54, 1.807) is 31.4 Å². The van der Waals surface area contributed by atoms with E-state index in [-0.39, 0.29) is 55.7 Å². The summed E-state index contributed by atoms with van der Waals surface area (Å²) in [6.07, 6.45) is 3.92. The number of carbonyl (C=O) groups excluding carboxylic acids is 3. The first-order valence-corrected chi connectivity index (χ1v) is 21.1. The second-order valence-corrected chi connectivity index (χ2v) is 19.0. The van der Waals surface area contributed by atoms with Crippen LogP contribution in [0.3, 0.4) is 0 Å². The van der Waals surface area contributed by atoms with Gasteiger partial charge < -0.3 is 42.3 Å². The highest BCUT2D eigenvalue weighted by Crippen LogP contribution is 2.37. The molecule has 0 spiro atoms. The van der Waals surface area contributed by atoms with E-state index in [0.29, 0.717) is 48.2 Å². The van der Waals surface area contributed by atoms with Gasteiger partial charge in [0.1, 0.15) is 48.1 Å². The van der Waals surface area contributed by atoms with Gasteiger partial charge in [-0.05, 0) is 79.0 Å². The van der Waals surface area contributed by atoms with Gasteiger partial charge in [-0.2, -0.15) is 0 Å². The van der Waals surface area contributed by atoms with Crippen LogP contribution in [0.4, 0.5) is 0 Å². The highest BCUT2D eigenvalue weighted by Gasteiger charge is 2.37. The second kappa shape index (κ2) is 21.8. The summed E-state index contributed by atoms with van der Waals surface area (Å²) in [6.45, 7) is 11.8. The van der Waals surface area contributed by atoms with Crippen LogP contribution in [0.1, 0.15) is 63.1 Å². The van der Waals surface area contributed by atoms with E-state index in [9.17, 15) is 14.4 Å². The summed E-state index contributed by atoms with van der Waals surface area (Å²) in [6, 6.07) is 18.2. The minimum Gasteiger partial charge on any atom is -0.497 e. The molecule has 0 heterocycles. The molecule has 0 aromatic heterocycles. The maximum Gasteiger partial charge on any atom is 0.330 e. The fourth-order valence-electron chi connectivity index (χ4n) is 4.83. The molecular weight excluding hydrogens is 725 g/mol. The summed E-state index contributed by atoms with van der Waals surface area (Å²) >= 11 is 0. The summed E-state index contributed by atoms with van der Waals surface area (Å²) in [5.74, 6) is 1.74. The normalized spacial score (nSPS) is 12.1. The number of methoxy groups -OCH3 is 4. The first-order chi connectivity index (χ1) is 26.2. The van der Waals surface area contributed by atoms with E-state index in [0.717, 1.165) is 16.7 Å². The Balaban J connectivity index is 1.78.